The number of aliphatic hydroxyl groups excluding tert-OH is 2. The Morgan fingerprint density at radius 1 is 0.625 bits per heavy atom. The van der Waals surface area contributed by atoms with Gasteiger partial charge in [0.15, 0.2) is 0 Å². The molecule has 2 N–H and O–H groups in total. The summed E-state index contributed by atoms with van der Waals surface area (Å²) in [7, 11) is 0. The van der Waals surface area contributed by atoms with Crippen LogP contribution in [0.5, 0.6) is 11.5 Å². The lowest BCUT2D eigenvalue weighted by molar-refractivity contribution is -0.143. The van der Waals surface area contributed by atoms with E-state index in [9.17, 15) is 19.8 Å². The Morgan fingerprint density at radius 2 is 1.00 bits per heavy atom. The lowest BCUT2D eigenvalue weighted by Crippen LogP contribution is -2.34. The largest absolute Gasteiger partial charge is 0.491 e. The molecule has 9 heteroatoms. The lowest BCUT2D eigenvalue weighted by Gasteiger charge is -2.42. The molecule has 4 aromatic carbocycles. The molecule has 0 radical (unpaired) electrons. The van der Waals surface area contributed by atoms with E-state index in [0.717, 1.165) is 32.0 Å². The van der Waals surface area contributed by atoms with Crippen molar-refractivity contribution in [3.8, 4) is 11.5 Å². The molecule has 1 aliphatic heterocycles. The second kappa shape index (κ2) is 15.4. The zero-order chi connectivity index (χ0) is 34.3. The van der Waals surface area contributed by atoms with Gasteiger partial charge >= 0.3 is 11.9 Å². The first-order valence-corrected chi connectivity index (χ1v) is 16.3. The minimum Gasteiger partial charge on any atom is -0.491 e. The molecule has 0 aliphatic carbocycles. The van der Waals surface area contributed by atoms with Gasteiger partial charge in [0.1, 0.15) is 50.1 Å². The van der Waals surface area contributed by atoms with Crippen molar-refractivity contribution in [1.29, 1.82) is 0 Å². The molecule has 0 amide bonds. The van der Waals surface area contributed by atoms with Crippen molar-refractivity contribution in [2.24, 2.45) is 0 Å². The van der Waals surface area contributed by atoms with Gasteiger partial charge in [0.05, 0.1) is 5.41 Å². The summed E-state index contributed by atoms with van der Waals surface area (Å²) in [6.45, 7) is 9.68. The summed E-state index contributed by atoms with van der Waals surface area (Å²) >= 11 is 1.73. The molecule has 1 aliphatic rings. The molecule has 0 spiro atoms. The lowest BCUT2D eigenvalue weighted by atomic mass is 9.65. The molecular formula is C39H38O8S. The summed E-state index contributed by atoms with van der Waals surface area (Å²) in [6.07, 6.45) is -2.00. The highest BCUT2D eigenvalue weighted by atomic mass is 32.2. The number of hydrogen-bond donors (Lipinski definition) is 2. The Balaban J connectivity index is 1.43. The molecule has 2 atom stereocenters. The average Bonchev–Trinajstić information content (AvgIpc) is 3.10. The Morgan fingerprint density at radius 3 is 1.38 bits per heavy atom. The summed E-state index contributed by atoms with van der Waals surface area (Å²) < 4.78 is 21.8. The van der Waals surface area contributed by atoms with Crippen LogP contribution in [-0.2, 0) is 24.5 Å². The number of aliphatic hydroxyl groups is 2. The van der Waals surface area contributed by atoms with Crippen LogP contribution in [-0.4, -0.2) is 60.8 Å². The number of carbonyl (C=O) groups excluding carboxylic acids is 2. The van der Waals surface area contributed by atoms with E-state index in [4.69, 9.17) is 18.9 Å². The maximum atomic E-state index is 11.7. The third kappa shape index (κ3) is 7.65. The first-order chi connectivity index (χ1) is 23.1. The van der Waals surface area contributed by atoms with Gasteiger partial charge in [-0.3, -0.25) is 0 Å². The number of benzene rings is 4. The van der Waals surface area contributed by atoms with E-state index in [1.165, 1.54) is 0 Å². The summed E-state index contributed by atoms with van der Waals surface area (Å²) in [5.74, 6) is -0.00765. The van der Waals surface area contributed by atoms with Crippen LogP contribution < -0.4 is 9.47 Å². The van der Waals surface area contributed by atoms with Crippen LogP contribution >= 0.6 is 11.8 Å². The summed E-state index contributed by atoms with van der Waals surface area (Å²) in [5.41, 5.74) is 4.10. The summed E-state index contributed by atoms with van der Waals surface area (Å²) in [5, 5.41) is 20.6. The van der Waals surface area contributed by atoms with Gasteiger partial charge < -0.3 is 29.2 Å². The van der Waals surface area contributed by atoms with Crippen LogP contribution in [0.3, 0.4) is 0 Å². The smallest absolute Gasteiger partial charge is 0.333 e. The molecule has 0 bridgehead atoms. The number of fused-ring (bicyclic) bond motifs is 2. The average molecular weight is 667 g/mol. The zero-order valence-corrected chi connectivity index (χ0v) is 27.7. The summed E-state index contributed by atoms with van der Waals surface area (Å²) in [4.78, 5) is 25.6. The van der Waals surface area contributed by atoms with Crippen LogP contribution in [0.1, 0.15) is 36.1 Å². The fourth-order valence-corrected chi connectivity index (χ4v) is 6.65. The fraction of sp³-hybridized carbons (Fsp3) is 0.231. The maximum Gasteiger partial charge on any atom is 0.333 e. The van der Waals surface area contributed by atoms with Gasteiger partial charge in [0.25, 0.3) is 0 Å². The maximum absolute atomic E-state index is 11.7. The van der Waals surface area contributed by atoms with E-state index in [-0.39, 0.29) is 37.6 Å². The van der Waals surface area contributed by atoms with Crippen molar-refractivity contribution in [3.63, 3.8) is 0 Å². The van der Waals surface area contributed by atoms with E-state index in [1.807, 2.05) is 72.8 Å². The van der Waals surface area contributed by atoms with Crippen LogP contribution in [0.4, 0.5) is 0 Å². The third-order valence-corrected chi connectivity index (χ3v) is 8.92. The van der Waals surface area contributed by atoms with Crippen molar-refractivity contribution in [1.82, 2.24) is 0 Å². The molecule has 0 saturated heterocycles. The van der Waals surface area contributed by atoms with Gasteiger partial charge in [-0.05, 0) is 72.5 Å². The third-order valence-electron chi connectivity index (χ3n) is 7.77. The number of rotatable bonds is 14. The molecule has 0 saturated carbocycles. The molecule has 2 unspecified atom stereocenters. The van der Waals surface area contributed by atoms with Gasteiger partial charge in [0.2, 0.25) is 0 Å². The highest BCUT2D eigenvalue weighted by molar-refractivity contribution is 7.99. The van der Waals surface area contributed by atoms with Gasteiger partial charge in [-0.2, -0.15) is 0 Å². The molecule has 4 aromatic rings. The molecule has 0 aromatic heterocycles. The molecule has 5 rings (SSSR count). The van der Waals surface area contributed by atoms with Crippen LogP contribution in [0.15, 0.2) is 131 Å². The van der Waals surface area contributed by atoms with E-state index < -0.39 is 29.6 Å². The van der Waals surface area contributed by atoms with Gasteiger partial charge in [-0.1, -0.05) is 85.6 Å². The Bertz CT molecular complexity index is 1650. The molecular weight excluding hydrogens is 628 g/mol. The van der Waals surface area contributed by atoms with Gasteiger partial charge in [-0.15, -0.1) is 0 Å². The zero-order valence-electron chi connectivity index (χ0n) is 26.9. The SMILES string of the molecule is C=C(C)C(=O)OCC(O)COc1ccc(C2(c3ccc(OCC(O)COC(=O)C(=C)C)cc3)c3ccccc3Sc3ccccc32)cc1. The molecule has 8 nitrogen and oxygen atoms in total. The van der Waals surface area contributed by atoms with E-state index in [2.05, 4.69) is 37.4 Å². The predicted octanol–water partition coefficient (Wildman–Crippen LogP) is 6.25. The Labute approximate surface area is 284 Å². The van der Waals surface area contributed by atoms with Crippen molar-refractivity contribution in [3.05, 3.63) is 144 Å². The first-order valence-electron chi connectivity index (χ1n) is 15.4. The Hall–Kier alpha value is -4.83. The Kier molecular flexibility index (Phi) is 11.1. The standard InChI is InChI=1S/C39H38O8S/c1-25(2)37(42)46-23-29(40)21-44-31-17-13-27(14-18-31)39(33-9-5-7-11-35(33)48-36-12-8-6-10-34(36)39)28-15-19-32(20-16-28)45-22-30(41)24-47-38(43)26(3)4/h5-20,29-30,40-41H,1,3,21-24H2,2,4H3. The second-order valence-corrected chi connectivity index (χ2v) is 12.7. The quantitative estimate of drug-likeness (QED) is 0.105. The monoisotopic (exact) mass is 666 g/mol. The number of esters is 2. The molecule has 0 fully saturated rings. The number of ether oxygens (including phenoxy) is 4. The van der Waals surface area contributed by atoms with Crippen molar-refractivity contribution >= 4 is 23.7 Å². The number of carbonyl (C=O) groups is 2. The van der Waals surface area contributed by atoms with Crippen LogP contribution in [0.2, 0.25) is 0 Å². The van der Waals surface area contributed by atoms with E-state index >= 15 is 0 Å². The van der Waals surface area contributed by atoms with Gasteiger partial charge in [0, 0.05) is 20.9 Å². The van der Waals surface area contributed by atoms with Crippen molar-refractivity contribution in [2.45, 2.75) is 41.3 Å². The molecule has 1 heterocycles. The predicted molar refractivity (Wildman–Crippen MR) is 183 cm³/mol. The van der Waals surface area contributed by atoms with E-state index in [1.54, 1.807) is 25.6 Å². The number of hydrogen-bond acceptors (Lipinski definition) is 9. The molecule has 248 valence electrons. The highest BCUT2D eigenvalue weighted by Crippen LogP contribution is 2.55. The van der Waals surface area contributed by atoms with Crippen molar-refractivity contribution in [2.75, 3.05) is 26.4 Å². The highest BCUT2D eigenvalue weighted by Gasteiger charge is 2.44. The first kappa shape index (κ1) is 34.5. The van der Waals surface area contributed by atoms with Gasteiger partial charge in [-0.25, -0.2) is 9.59 Å². The molecule has 48 heavy (non-hydrogen) atoms. The minimum atomic E-state index is -0.998. The summed E-state index contributed by atoms with van der Waals surface area (Å²) in [6, 6.07) is 32.3. The topological polar surface area (TPSA) is 112 Å². The van der Waals surface area contributed by atoms with E-state index in [0.29, 0.717) is 11.5 Å². The second-order valence-electron chi connectivity index (χ2n) is 11.6. The van der Waals surface area contributed by atoms with Crippen LogP contribution in [0, 0.1) is 0 Å². The van der Waals surface area contributed by atoms with Crippen LogP contribution in [0.25, 0.3) is 0 Å². The van der Waals surface area contributed by atoms with Crippen molar-refractivity contribution < 1.29 is 38.7 Å². The minimum absolute atomic E-state index is 0.0528. The normalized spacial score (nSPS) is 14.0. The fourth-order valence-electron chi connectivity index (χ4n) is 5.46.